The summed E-state index contributed by atoms with van der Waals surface area (Å²) in [6.07, 6.45) is 3.54. The zero-order chi connectivity index (χ0) is 17.0. The van der Waals surface area contributed by atoms with Crippen molar-refractivity contribution in [3.63, 3.8) is 0 Å². The molecule has 2 aromatic rings. The predicted octanol–water partition coefficient (Wildman–Crippen LogP) is 1.85. The first-order valence-electron chi connectivity index (χ1n) is 9.35. The van der Waals surface area contributed by atoms with Gasteiger partial charge in [0.1, 0.15) is 5.52 Å². The quantitative estimate of drug-likeness (QED) is 0.903. The number of carbonyl (C=O) groups is 1. The van der Waals surface area contributed by atoms with Crippen LogP contribution in [0.4, 0.5) is 6.01 Å². The number of anilines is 1. The molecule has 4 atom stereocenters. The first-order valence-corrected chi connectivity index (χ1v) is 9.35. The number of hydrogen-bond acceptors (Lipinski definition) is 5. The Labute approximate surface area is 147 Å². The second-order valence-corrected chi connectivity index (χ2v) is 7.71. The summed E-state index contributed by atoms with van der Waals surface area (Å²) in [4.78, 5) is 21.7. The molecule has 6 nitrogen and oxygen atoms in total. The van der Waals surface area contributed by atoms with Crippen LogP contribution in [0.3, 0.4) is 0 Å². The van der Waals surface area contributed by atoms with Crippen molar-refractivity contribution in [2.45, 2.75) is 25.3 Å². The number of nitrogens with two attached hydrogens (primary N) is 1. The second-order valence-electron chi connectivity index (χ2n) is 7.71. The fraction of sp³-hybridized carbons (Fsp3) is 0.579. The van der Waals surface area contributed by atoms with Crippen LogP contribution in [0, 0.1) is 17.8 Å². The van der Waals surface area contributed by atoms with Gasteiger partial charge in [-0.2, -0.15) is 4.98 Å². The fourth-order valence-corrected chi connectivity index (χ4v) is 5.03. The molecule has 1 amide bonds. The average molecular weight is 340 g/mol. The van der Waals surface area contributed by atoms with E-state index in [2.05, 4.69) is 9.88 Å². The second kappa shape index (κ2) is 5.73. The van der Waals surface area contributed by atoms with Gasteiger partial charge in [-0.3, -0.25) is 4.79 Å². The van der Waals surface area contributed by atoms with Crippen LogP contribution in [0.5, 0.6) is 0 Å². The number of oxazole rings is 1. The van der Waals surface area contributed by atoms with Crippen LogP contribution in [-0.2, 0) is 4.79 Å². The number of benzene rings is 1. The summed E-state index contributed by atoms with van der Waals surface area (Å²) in [7, 11) is 0. The molecule has 0 spiro atoms. The summed E-state index contributed by atoms with van der Waals surface area (Å²) in [6, 6.07) is 8.53. The molecule has 4 unspecified atom stereocenters. The highest BCUT2D eigenvalue weighted by Crippen LogP contribution is 2.48. The Morgan fingerprint density at radius 2 is 1.88 bits per heavy atom. The van der Waals surface area contributed by atoms with Gasteiger partial charge < -0.3 is 20.0 Å². The van der Waals surface area contributed by atoms with Crippen molar-refractivity contribution in [1.82, 2.24) is 9.88 Å². The minimum atomic E-state index is 0.0506. The third-order valence-corrected chi connectivity index (χ3v) is 6.41. The van der Waals surface area contributed by atoms with Crippen LogP contribution in [0.25, 0.3) is 11.1 Å². The van der Waals surface area contributed by atoms with E-state index in [9.17, 15) is 4.79 Å². The molecule has 5 rings (SSSR count). The maximum Gasteiger partial charge on any atom is 0.298 e. The molecule has 1 aromatic heterocycles. The molecule has 6 heteroatoms. The average Bonchev–Trinajstić information content (AvgIpc) is 3.35. The number of para-hydroxylation sites is 2. The van der Waals surface area contributed by atoms with Gasteiger partial charge in [-0.15, -0.1) is 0 Å². The molecule has 3 fully saturated rings. The molecule has 1 saturated heterocycles. The molecule has 3 aliphatic rings. The summed E-state index contributed by atoms with van der Waals surface area (Å²) < 4.78 is 5.85. The highest BCUT2D eigenvalue weighted by atomic mass is 16.4. The standard InChI is InChI=1S/C19H24N4O2/c20-17-13-6-5-12(11-13)16(17)18(24)22-7-9-23(10-8-22)19-21-14-3-1-2-4-15(14)25-19/h1-4,12-13,16-17H,5-11,20H2. The van der Waals surface area contributed by atoms with E-state index in [1.807, 2.05) is 29.2 Å². The molecule has 2 aliphatic carbocycles. The van der Waals surface area contributed by atoms with Crippen molar-refractivity contribution in [2.75, 3.05) is 31.1 Å². The van der Waals surface area contributed by atoms with Gasteiger partial charge in [-0.1, -0.05) is 12.1 Å². The van der Waals surface area contributed by atoms with Crippen molar-refractivity contribution in [3.8, 4) is 0 Å². The summed E-state index contributed by atoms with van der Waals surface area (Å²) in [5.41, 5.74) is 8.04. The highest BCUT2D eigenvalue weighted by molar-refractivity contribution is 5.81. The Morgan fingerprint density at radius 3 is 2.60 bits per heavy atom. The molecule has 0 radical (unpaired) electrons. The molecular weight excluding hydrogens is 316 g/mol. The Hall–Kier alpha value is -2.08. The predicted molar refractivity (Wildman–Crippen MR) is 95.1 cm³/mol. The summed E-state index contributed by atoms with van der Waals surface area (Å²) in [5.74, 6) is 1.41. The fourth-order valence-electron chi connectivity index (χ4n) is 5.03. The van der Waals surface area contributed by atoms with E-state index in [-0.39, 0.29) is 17.9 Å². The first-order chi connectivity index (χ1) is 12.2. The largest absolute Gasteiger partial charge is 0.423 e. The lowest BCUT2D eigenvalue weighted by Crippen LogP contribution is -2.54. The van der Waals surface area contributed by atoms with Gasteiger partial charge in [0.05, 0.1) is 5.92 Å². The van der Waals surface area contributed by atoms with Crippen LogP contribution >= 0.6 is 0 Å². The molecule has 132 valence electrons. The molecule has 2 N–H and O–H groups in total. The van der Waals surface area contributed by atoms with E-state index >= 15 is 0 Å². The van der Waals surface area contributed by atoms with E-state index in [1.54, 1.807) is 0 Å². The zero-order valence-corrected chi connectivity index (χ0v) is 14.3. The SMILES string of the molecule is NC1C2CCC(C2)C1C(=O)N1CCN(c2nc3ccccc3o2)CC1. The van der Waals surface area contributed by atoms with Crippen LogP contribution in [-0.4, -0.2) is 48.0 Å². The van der Waals surface area contributed by atoms with Gasteiger partial charge in [0.25, 0.3) is 6.01 Å². The lowest BCUT2D eigenvalue weighted by atomic mass is 9.84. The monoisotopic (exact) mass is 340 g/mol. The third kappa shape index (κ3) is 2.42. The maximum atomic E-state index is 13.0. The van der Waals surface area contributed by atoms with Crippen molar-refractivity contribution in [3.05, 3.63) is 24.3 Å². The molecule has 1 aliphatic heterocycles. The van der Waals surface area contributed by atoms with E-state index in [0.29, 0.717) is 17.9 Å². The summed E-state index contributed by atoms with van der Waals surface area (Å²) >= 11 is 0. The highest BCUT2D eigenvalue weighted by Gasteiger charge is 2.50. The summed E-state index contributed by atoms with van der Waals surface area (Å²) in [6.45, 7) is 2.96. The minimum absolute atomic E-state index is 0.0506. The van der Waals surface area contributed by atoms with Gasteiger partial charge in [0.2, 0.25) is 5.91 Å². The number of hydrogen-bond donors (Lipinski definition) is 1. The van der Waals surface area contributed by atoms with Crippen molar-refractivity contribution >= 4 is 23.0 Å². The third-order valence-electron chi connectivity index (χ3n) is 6.41. The topological polar surface area (TPSA) is 75.6 Å². The molecule has 2 heterocycles. The Morgan fingerprint density at radius 1 is 1.12 bits per heavy atom. The minimum Gasteiger partial charge on any atom is -0.423 e. The van der Waals surface area contributed by atoms with Gasteiger partial charge in [0.15, 0.2) is 5.58 Å². The van der Waals surface area contributed by atoms with E-state index in [4.69, 9.17) is 10.2 Å². The molecular formula is C19H24N4O2. The van der Waals surface area contributed by atoms with Crippen LogP contribution in [0.1, 0.15) is 19.3 Å². The lowest BCUT2D eigenvalue weighted by Gasteiger charge is -2.38. The number of piperazine rings is 1. The van der Waals surface area contributed by atoms with Crippen molar-refractivity contribution < 1.29 is 9.21 Å². The van der Waals surface area contributed by atoms with Crippen LogP contribution < -0.4 is 10.6 Å². The molecule has 2 bridgehead atoms. The lowest BCUT2D eigenvalue weighted by molar-refractivity contribution is -0.138. The van der Waals surface area contributed by atoms with Gasteiger partial charge >= 0.3 is 0 Å². The number of aromatic nitrogens is 1. The maximum absolute atomic E-state index is 13.0. The van der Waals surface area contributed by atoms with Crippen molar-refractivity contribution in [1.29, 1.82) is 0 Å². The smallest absolute Gasteiger partial charge is 0.298 e. The van der Waals surface area contributed by atoms with E-state index in [1.165, 1.54) is 12.8 Å². The van der Waals surface area contributed by atoms with Crippen molar-refractivity contribution in [2.24, 2.45) is 23.5 Å². The molecule has 2 saturated carbocycles. The zero-order valence-electron chi connectivity index (χ0n) is 14.3. The Balaban J connectivity index is 1.26. The normalized spacial score (nSPS) is 31.9. The molecule has 25 heavy (non-hydrogen) atoms. The van der Waals surface area contributed by atoms with Gasteiger partial charge in [-0.25, -0.2) is 0 Å². The summed E-state index contributed by atoms with van der Waals surface area (Å²) in [5, 5.41) is 0. The van der Waals surface area contributed by atoms with E-state index < -0.39 is 0 Å². The Kier molecular flexibility index (Phi) is 3.48. The first kappa shape index (κ1) is 15.2. The van der Waals surface area contributed by atoms with Crippen LogP contribution in [0.2, 0.25) is 0 Å². The number of nitrogens with zero attached hydrogens (tertiary/aromatic N) is 3. The van der Waals surface area contributed by atoms with Gasteiger partial charge in [-0.05, 0) is 43.2 Å². The molecule has 1 aromatic carbocycles. The number of carbonyl (C=O) groups excluding carboxylic acids is 1. The van der Waals surface area contributed by atoms with E-state index in [0.717, 1.165) is 43.7 Å². The van der Waals surface area contributed by atoms with Gasteiger partial charge in [0, 0.05) is 32.2 Å². The number of fused-ring (bicyclic) bond motifs is 3. The Bertz CT molecular complexity index is 761. The van der Waals surface area contributed by atoms with Crippen LogP contribution in [0.15, 0.2) is 28.7 Å². The number of rotatable bonds is 2. The number of amides is 1.